The van der Waals surface area contributed by atoms with Crippen molar-refractivity contribution in [3.05, 3.63) is 23.8 Å². The van der Waals surface area contributed by atoms with E-state index < -0.39 is 10.0 Å². The Labute approximate surface area is 179 Å². The van der Waals surface area contributed by atoms with Gasteiger partial charge in [-0.3, -0.25) is 9.59 Å². The molecule has 30 heavy (non-hydrogen) atoms. The first-order valence-electron chi connectivity index (χ1n) is 11.1. The predicted octanol–water partition coefficient (Wildman–Crippen LogP) is 2.40. The minimum Gasteiger partial charge on any atom is -0.343 e. The Balaban J connectivity index is 1.41. The van der Waals surface area contributed by atoms with E-state index in [0.717, 1.165) is 50.0 Å². The number of nitrogens with zero attached hydrogens (tertiary/aromatic N) is 3. The fourth-order valence-electron chi connectivity index (χ4n) is 4.65. The molecule has 3 aliphatic rings. The number of sulfonamides is 1. The second-order valence-electron chi connectivity index (χ2n) is 8.76. The van der Waals surface area contributed by atoms with Crippen LogP contribution in [0.3, 0.4) is 0 Å². The summed E-state index contributed by atoms with van der Waals surface area (Å²) in [6.07, 6.45) is 4.94. The van der Waals surface area contributed by atoms with Gasteiger partial charge in [0.25, 0.3) is 0 Å². The molecule has 4 rings (SSSR count). The Morgan fingerprint density at radius 2 is 1.63 bits per heavy atom. The standard InChI is InChI=1S/C22H31N3O4S/c1-17-8-13-24(14-9-17)30(28,29)19-4-5-20-18(16-19)10-15-25(20)22(27)7-6-21(26)23-11-2-3-12-23/h4-5,16-17H,2-3,6-15H2,1H3. The van der Waals surface area contributed by atoms with Gasteiger partial charge >= 0.3 is 0 Å². The number of benzene rings is 1. The van der Waals surface area contributed by atoms with Crippen molar-refractivity contribution in [2.24, 2.45) is 5.92 Å². The number of hydrogen-bond acceptors (Lipinski definition) is 4. The number of carbonyl (C=O) groups excluding carboxylic acids is 2. The zero-order chi connectivity index (χ0) is 21.3. The molecule has 1 aromatic carbocycles. The highest BCUT2D eigenvalue weighted by Crippen LogP contribution is 2.32. The molecule has 0 aliphatic carbocycles. The number of likely N-dealkylation sites (tertiary alicyclic amines) is 1. The third kappa shape index (κ3) is 4.25. The summed E-state index contributed by atoms with van der Waals surface area (Å²) in [4.78, 5) is 28.8. The summed E-state index contributed by atoms with van der Waals surface area (Å²) >= 11 is 0. The van der Waals surface area contributed by atoms with E-state index >= 15 is 0 Å². The van der Waals surface area contributed by atoms with Crippen molar-refractivity contribution in [2.75, 3.05) is 37.6 Å². The van der Waals surface area contributed by atoms with Gasteiger partial charge < -0.3 is 9.80 Å². The Bertz CT molecular complexity index is 916. The largest absolute Gasteiger partial charge is 0.343 e. The van der Waals surface area contributed by atoms with E-state index in [9.17, 15) is 18.0 Å². The van der Waals surface area contributed by atoms with Gasteiger partial charge in [-0.15, -0.1) is 0 Å². The molecule has 2 fully saturated rings. The zero-order valence-corrected chi connectivity index (χ0v) is 18.5. The molecule has 1 aromatic rings. The number of hydrogen-bond donors (Lipinski definition) is 0. The minimum atomic E-state index is -3.50. The number of fused-ring (bicyclic) bond motifs is 1. The van der Waals surface area contributed by atoms with Gasteiger partial charge in [0.15, 0.2) is 0 Å². The van der Waals surface area contributed by atoms with Crippen molar-refractivity contribution in [2.45, 2.75) is 56.8 Å². The maximum absolute atomic E-state index is 13.0. The molecule has 2 amide bonds. The second-order valence-corrected chi connectivity index (χ2v) is 10.7. The van der Waals surface area contributed by atoms with Gasteiger partial charge in [-0.1, -0.05) is 6.92 Å². The summed E-state index contributed by atoms with van der Waals surface area (Å²) in [5.41, 5.74) is 1.67. The van der Waals surface area contributed by atoms with Crippen molar-refractivity contribution in [3.63, 3.8) is 0 Å². The minimum absolute atomic E-state index is 0.0533. The number of piperidine rings is 1. The lowest BCUT2D eigenvalue weighted by Crippen LogP contribution is -2.37. The molecule has 0 radical (unpaired) electrons. The van der Waals surface area contributed by atoms with Crippen LogP contribution >= 0.6 is 0 Å². The van der Waals surface area contributed by atoms with Crippen LogP contribution in [0.5, 0.6) is 0 Å². The lowest BCUT2D eigenvalue weighted by molar-refractivity contribution is -0.132. The van der Waals surface area contributed by atoms with Crippen LogP contribution in [0.4, 0.5) is 5.69 Å². The van der Waals surface area contributed by atoms with Gasteiger partial charge in [0.2, 0.25) is 21.8 Å². The van der Waals surface area contributed by atoms with Gasteiger partial charge in [-0.2, -0.15) is 4.31 Å². The van der Waals surface area contributed by atoms with E-state index in [2.05, 4.69) is 6.92 Å². The second kappa shape index (κ2) is 8.67. The Kier molecular flexibility index (Phi) is 6.16. The zero-order valence-electron chi connectivity index (χ0n) is 17.7. The Hall–Kier alpha value is -1.93. The first-order valence-corrected chi connectivity index (χ1v) is 12.5. The van der Waals surface area contributed by atoms with E-state index in [1.165, 1.54) is 0 Å². The van der Waals surface area contributed by atoms with Gasteiger partial charge in [0.05, 0.1) is 4.90 Å². The number of rotatable bonds is 5. The highest BCUT2D eigenvalue weighted by molar-refractivity contribution is 7.89. The SMILES string of the molecule is CC1CCN(S(=O)(=O)c2ccc3c(c2)CCN3C(=O)CCC(=O)N2CCCC2)CC1. The smallest absolute Gasteiger partial charge is 0.243 e. The van der Waals surface area contributed by atoms with E-state index in [0.29, 0.717) is 36.9 Å². The number of amides is 2. The molecule has 7 nitrogen and oxygen atoms in total. The maximum atomic E-state index is 13.0. The van der Waals surface area contributed by atoms with E-state index in [-0.39, 0.29) is 24.7 Å². The van der Waals surface area contributed by atoms with Crippen molar-refractivity contribution in [3.8, 4) is 0 Å². The quantitative estimate of drug-likeness (QED) is 0.714. The first-order chi connectivity index (χ1) is 14.4. The van der Waals surface area contributed by atoms with Crippen LogP contribution in [-0.2, 0) is 26.0 Å². The Morgan fingerprint density at radius 3 is 2.33 bits per heavy atom. The van der Waals surface area contributed by atoms with Crippen LogP contribution in [0, 0.1) is 5.92 Å². The van der Waals surface area contributed by atoms with Crippen LogP contribution in [0.25, 0.3) is 0 Å². The summed E-state index contributed by atoms with van der Waals surface area (Å²) in [6.45, 7) is 5.42. The average molecular weight is 434 g/mol. The van der Waals surface area contributed by atoms with Crippen molar-refractivity contribution in [1.82, 2.24) is 9.21 Å². The fraction of sp³-hybridized carbons (Fsp3) is 0.636. The van der Waals surface area contributed by atoms with Gasteiger partial charge in [0, 0.05) is 51.3 Å². The monoisotopic (exact) mass is 433 g/mol. The lowest BCUT2D eigenvalue weighted by atomic mass is 10.0. The third-order valence-corrected chi connectivity index (χ3v) is 8.53. The molecule has 8 heteroatoms. The average Bonchev–Trinajstić information content (AvgIpc) is 3.41. The van der Waals surface area contributed by atoms with Crippen LogP contribution in [0.15, 0.2) is 23.1 Å². The van der Waals surface area contributed by atoms with Crippen LogP contribution in [0.2, 0.25) is 0 Å². The van der Waals surface area contributed by atoms with E-state index in [4.69, 9.17) is 0 Å². The number of carbonyl (C=O) groups is 2. The van der Waals surface area contributed by atoms with Crippen LogP contribution in [-0.4, -0.2) is 62.2 Å². The highest BCUT2D eigenvalue weighted by atomic mass is 32.2. The molecule has 0 aromatic heterocycles. The molecule has 0 unspecified atom stereocenters. The molecule has 0 atom stereocenters. The summed E-state index contributed by atoms with van der Waals surface area (Å²) in [5.74, 6) is 0.549. The topological polar surface area (TPSA) is 78.0 Å². The molecule has 3 aliphatic heterocycles. The molecular weight excluding hydrogens is 402 g/mol. The van der Waals surface area contributed by atoms with Crippen molar-refractivity contribution < 1.29 is 18.0 Å². The van der Waals surface area contributed by atoms with Crippen LogP contribution < -0.4 is 4.90 Å². The molecule has 0 N–H and O–H groups in total. The molecule has 2 saturated heterocycles. The molecule has 0 saturated carbocycles. The van der Waals surface area contributed by atoms with E-state index in [1.54, 1.807) is 27.4 Å². The summed E-state index contributed by atoms with van der Waals surface area (Å²) in [6, 6.07) is 5.10. The summed E-state index contributed by atoms with van der Waals surface area (Å²) < 4.78 is 27.6. The molecule has 164 valence electrons. The lowest BCUT2D eigenvalue weighted by Gasteiger charge is -2.29. The third-order valence-electron chi connectivity index (χ3n) is 6.64. The van der Waals surface area contributed by atoms with Gasteiger partial charge in [-0.05, 0) is 61.8 Å². The summed E-state index contributed by atoms with van der Waals surface area (Å²) in [5, 5.41) is 0. The Morgan fingerprint density at radius 1 is 0.967 bits per heavy atom. The molecular formula is C22H31N3O4S. The van der Waals surface area contributed by atoms with Gasteiger partial charge in [-0.25, -0.2) is 8.42 Å². The fourth-order valence-corrected chi connectivity index (χ4v) is 6.17. The molecule has 0 spiro atoms. The highest BCUT2D eigenvalue weighted by Gasteiger charge is 2.31. The van der Waals surface area contributed by atoms with Crippen molar-refractivity contribution in [1.29, 1.82) is 0 Å². The van der Waals surface area contributed by atoms with Gasteiger partial charge in [0.1, 0.15) is 0 Å². The molecule has 0 bridgehead atoms. The first kappa shape index (κ1) is 21.3. The van der Waals surface area contributed by atoms with Crippen molar-refractivity contribution >= 4 is 27.5 Å². The van der Waals surface area contributed by atoms with Crippen LogP contribution in [0.1, 0.15) is 51.0 Å². The maximum Gasteiger partial charge on any atom is 0.243 e. The van der Waals surface area contributed by atoms with E-state index in [1.807, 2.05) is 4.90 Å². The predicted molar refractivity (Wildman–Crippen MR) is 115 cm³/mol. The molecule has 3 heterocycles. The number of anilines is 1. The normalized spacial score (nSPS) is 20.6. The summed E-state index contributed by atoms with van der Waals surface area (Å²) in [7, 11) is -3.50.